The lowest BCUT2D eigenvalue weighted by atomic mass is 10.1. The lowest BCUT2D eigenvalue weighted by Crippen LogP contribution is -1.85. The van der Waals surface area contributed by atoms with E-state index in [1.54, 1.807) is 12.1 Å². The first-order chi connectivity index (χ1) is 8.22. The summed E-state index contributed by atoms with van der Waals surface area (Å²) in [5.41, 5.74) is 9.59. The zero-order chi connectivity index (χ0) is 12.3. The molecule has 0 unspecified atom stereocenters. The number of benzene rings is 1. The first-order valence-electron chi connectivity index (χ1n) is 4.67. The summed E-state index contributed by atoms with van der Waals surface area (Å²) in [5.74, 6) is -0.636. The summed E-state index contributed by atoms with van der Waals surface area (Å²) in [6.07, 6.45) is 2.49. The van der Waals surface area contributed by atoms with Crippen molar-refractivity contribution in [3.05, 3.63) is 57.4 Å². The quantitative estimate of drug-likeness (QED) is 0.453. The first-order valence-corrected chi connectivity index (χ1v) is 5.46. The number of nitrogens with zero attached hydrogens (tertiary/aromatic N) is 4. The molecule has 0 atom stereocenters. The smallest absolute Gasteiger partial charge is 0.151 e. The molecule has 84 valence electrons. The van der Waals surface area contributed by atoms with E-state index < -0.39 is 5.82 Å². The first kappa shape index (κ1) is 11.6. The van der Waals surface area contributed by atoms with Crippen LogP contribution in [0.4, 0.5) is 10.1 Å². The molecule has 0 bridgehead atoms. The lowest BCUT2D eigenvalue weighted by Gasteiger charge is -2.05. The van der Waals surface area contributed by atoms with Crippen LogP contribution in [-0.4, -0.2) is 4.98 Å². The molecule has 0 saturated heterocycles. The van der Waals surface area contributed by atoms with Gasteiger partial charge in [0.1, 0.15) is 0 Å². The summed E-state index contributed by atoms with van der Waals surface area (Å²) in [4.78, 5) is 6.37. The van der Waals surface area contributed by atoms with Crippen molar-refractivity contribution in [1.29, 1.82) is 0 Å². The fourth-order valence-corrected chi connectivity index (χ4v) is 1.68. The van der Waals surface area contributed by atoms with E-state index in [1.165, 1.54) is 6.20 Å². The van der Waals surface area contributed by atoms with Gasteiger partial charge in [-0.1, -0.05) is 33.2 Å². The lowest BCUT2D eigenvalue weighted by molar-refractivity contribution is 0.624. The summed E-state index contributed by atoms with van der Waals surface area (Å²) in [6, 6.07) is 7.22. The van der Waals surface area contributed by atoms with E-state index >= 15 is 0 Å². The fraction of sp³-hybridized carbons (Fsp3) is 0. The molecule has 0 N–H and O–H groups in total. The average Bonchev–Trinajstić information content (AvgIpc) is 2.33. The van der Waals surface area contributed by atoms with Gasteiger partial charge in [-0.3, -0.25) is 4.98 Å². The molecular weight excluding hydrogens is 287 g/mol. The molecule has 0 radical (unpaired) electrons. The highest BCUT2D eigenvalue weighted by Gasteiger charge is 2.09. The van der Waals surface area contributed by atoms with Crippen LogP contribution in [0.15, 0.2) is 46.2 Å². The summed E-state index contributed by atoms with van der Waals surface area (Å²) in [5, 5.41) is 3.36. The highest BCUT2D eigenvalue weighted by molar-refractivity contribution is 9.10. The zero-order valence-corrected chi connectivity index (χ0v) is 10.1. The van der Waals surface area contributed by atoms with E-state index in [0.29, 0.717) is 5.56 Å². The van der Waals surface area contributed by atoms with Crippen molar-refractivity contribution >= 4 is 21.6 Å². The molecule has 2 aromatic rings. The largest absolute Gasteiger partial charge is 0.261 e. The molecule has 0 aliphatic rings. The van der Waals surface area contributed by atoms with Gasteiger partial charge < -0.3 is 0 Å². The number of halogens is 2. The van der Waals surface area contributed by atoms with E-state index in [1.807, 2.05) is 12.1 Å². The highest BCUT2D eigenvalue weighted by atomic mass is 79.9. The number of hydrogen-bond donors (Lipinski definition) is 0. The molecule has 1 aromatic heterocycles. The Morgan fingerprint density at radius 1 is 1.24 bits per heavy atom. The Balaban J connectivity index is 2.62. The standard InChI is InChI=1S/C11H6BrFN4/c12-8-3-1-7(2-4-8)9-5-15-6-10(13)11(9)16-17-14/h1-6H. The molecule has 0 spiro atoms. The minimum atomic E-state index is -0.636. The third-order valence-electron chi connectivity index (χ3n) is 2.17. The van der Waals surface area contributed by atoms with E-state index in [9.17, 15) is 4.39 Å². The summed E-state index contributed by atoms with van der Waals surface area (Å²) >= 11 is 3.31. The maximum Gasteiger partial charge on any atom is 0.151 e. The Kier molecular flexibility index (Phi) is 3.37. The molecule has 0 aliphatic heterocycles. The van der Waals surface area contributed by atoms with Crippen LogP contribution in [0.3, 0.4) is 0 Å². The maximum absolute atomic E-state index is 13.5. The molecule has 6 heteroatoms. The second-order valence-electron chi connectivity index (χ2n) is 3.21. The molecular formula is C11H6BrFN4. The van der Waals surface area contributed by atoms with Crippen LogP contribution in [-0.2, 0) is 0 Å². The molecule has 1 heterocycles. The topological polar surface area (TPSA) is 61.7 Å². The normalized spacial score (nSPS) is 9.76. The van der Waals surface area contributed by atoms with Gasteiger partial charge in [0.15, 0.2) is 5.82 Å². The fourth-order valence-electron chi connectivity index (χ4n) is 1.42. The third kappa shape index (κ3) is 2.43. The van der Waals surface area contributed by atoms with Crippen molar-refractivity contribution in [1.82, 2.24) is 4.98 Å². The minimum Gasteiger partial charge on any atom is -0.261 e. The predicted octanol–water partition coefficient (Wildman–Crippen LogP) is 4.59. The van der Waals surface area contributed by atoms with Crippen LogP contribution in [0.1, 0.15) is 0 Å². The van der Waals surface area contributed by atoms with Gasteiger partial charge in [0, 0.05) is 21.1 Å². The number of aromatic nitrogens is 1. The second kappa shape index (κ2) is 4.95. The molecule has 17 heavy (non-hydrogen) atoms. The van der Waals surface area contributed by atoms with Crippen LogP contribution in [0, 0.1) is 5.82 Å². The van der Waals surface area contributed by atoms with E-state index in [2.05, 4.69) is 30.9 Å². The second-order valence-corrected chi connectivity index (χ2v) is 4.13. The Hall–Kier alpha value is -1.91. The average molecular weight is 293 g/mol. The number of azide groups is 1. The van der Waals surface area contributed by atoms with Crippen LogP contribution in [0.25, 0.3) is 21.6 Å². The number of hydrogen-bond acceptors (Lipinski definition) is 2. The molecule has 4 nitrogen and oxygen atoms in total. The Morgan fingerprint density at radius 2 is 1.94 bits per heavy atom. The van der Waals surface area contributed by atoms with Gasteiger partial charge in [0.2, 0.25) is 0 Å². The van der Waals surface area contributed by atoms with Gasteiger partial charge in [-0.05, 0) is 23.2 Å². The van der Waals surface area contributed by atoms with Gasteiger partial charge >= 0.3 is 0 Å². The molecule has 0 fully saturated rings. The molecule has 0 amide bonds. The predicted molar refractivity (Wildman–Crippen MR) is 66.1 cm³/mol. The van der Waals surface area contributed by atoms with Gasteiger partial charge in [-0.2, -0.15) is 0 Å². The van der Waals surface area contributed by atoms with E-state index in [-0.39, 0.29) is 5.69 Å². The number of pyridine rings is 1. The molecule has 2 rings (SSSR count). The van der Waals surface area contributed by atoms with Crippen molar-refractivity contribution in [2.75, 3.05) is 0 Å². The number of rotatable bonds is 2. The summed E-state index contributed by atoms with van der Waals surface area (Å²) in [6.45, 7) is 0. The molecule has 0 saturated carbocycles. The monoisotopic (exact) mass is 292 g/mol. The van der Waals surface area contributed by atoms with Crippen molar-refractivity contribution in [3.63, 3.8) is 0 Å². The maximum atomic E-state index is 13.5. The van der Waals surface area contributed by atoms with Crippen LogP contribution >= 0.6 is 15.9 Å². The summed E-state index contributed by atoms with van der Waals surface area (Å²) in [7, 11) is 0. The summed E-state index contributed by atoms with van der Waals surface area (Å²) < 4.78 is 14.4. The van der Waals surface area contributed by atoms with Crippen molar-refractivity contribution in [2.24, 2.45) is 5.11 Å². The van der Waals surface area contributed by atoms with Crippen LogP contribution in [0.5, 0.6) is 0 Å². The Morgan fingerprint density at radius 3 is 2.59 bits per heavy atom. The van der Waals surface area contributed by atoms with Crippen molar-refractivity contribution < 1.29 is 4.39 Å². The van der Waals surface area contributed by atoms with Gasteiger partial charge in [-0.15, -0.1) is 0 Å². The van der Waals surface area contributed by atoms with E-state index in [4.69, 9.17) is 5.53 Å². The highest BCUT2D eigenvalue weighted by Crippen LogP contribution is 2.32. The van der Waals surface area contributed by atoms with Crippen molar-refractivity contribution in [2.45, 2.75) is 0 Å². The van der Waals surface area contributed by atoms with Crippen molar-refractivity contribution in [3.8, 4) is 11.1 Å². The van der Waals surface area contributed by atoms with Crippen LogP contribution in [0.2, 0.25) is 0 Å². The third-order valence-corrected chi connectivity index (χ3v) is 2.70. The van der Waals surface area contributed by atoms with Crippen LogP contribution < -0.4 is 0 Å². The SMILES string of the molecule is [N-]=[N+]=Nc1c(F)cncc1-c1ccc(Br)cc1. The Labute approximate surface area is 105 Å². The van der Waals surface area contributed by atoms with Gasteiger partial charge in [0.25, 0.3) is 0 Å². The van der Waals surface area contributed by atoms with Gasteiger partial charge in [0.05, 0.1) is 11.9 Å². The molecule has 1 aromatic carbocycles. The Bertz CT molecular complexity index is 591. The van der Waals surface area contributed by atoms with Gasteiger partial charge in [-0.25, -0.2) is 4.39 Å². The minimum absolute atomic E-state index is 0.0372. The molecule has 0 aliphatic carbocycles. The zero-order valence-electron chi connectivity index (χ0n) is 8.51. The van der Waals surface area contributed by atoms with E-state index in [0.717, 1.165) is 16.2 Å².